The number of thiocarbonyl (C=S) groups is 1. The summed E-state index contributed by atoms with van der Waals surface area (Å²) < 4.78 is 0. The summed E-state index contributed by atoms with van der Waals surface area (Å²) in [7, 11) is 0. The maximum absolute atomic E-state index is 10.7. The van der Waals surface area contributed by atoms with Crippen molar-refractivity contribution in [3.63, 3.8) is 0 Å². The number of carbonyl (C=O) groups is 1. The molecular formula is C6H13N3OS. The summed E-state index contributed by atoms with van der Waals surface area (Å²) in [4.78, 5) is 12.4. The van der Waals surface area contributed by atoms with Gasteiger partial charge in [-0.15, -0.1) is 0 Å². The minimum Gasteiger partial charge on any atom is -0.392 e. The number of nitrogens with zero attached hydrogens (tertiary/aromatic N) is 1. The van der Waals surface area contributed by atoms with Gasteiger partial charge < -0.3 is 16.4 Å². The highest BCUT2D eigenvalue weighted by Gasteiger charge is 2.07. The van der Waals surface area contributed by atoms with E-state index in [2.05, 4.69) is 12.2 Å². The molecule has 0 unspecified atom stereocenters. The summed E-state index contributed by atoms with van der Waals surface area (Å²) in [6.45, 7) is 2.83. The molecular weight excluding hydrogens is 162 g/mol. The van der Waals surface area contributed by atoms with E-state index < -0.39 is 6.03 Å². The Kier molecular flexibility index (Phi) is 4.52. The van der Waals surface area contributed by atoms with Crippen LogP contribution in [0.5, 0.6) is 0 Å². The molecule has 0 bridgehead atoms. The maximum Gasteiger partial charge on any atom is 0.315 e. The Morgan fingerprint density at radius 3 is 2.36 bits per heavy atom. The van der Waals surface area contributed by atoms with Crippen LogP contribution < -0.4 is 11.5 Å². The Bertz CT molecular complexity index is 160. The molecule has 5 heteroatoms. The summed E-state index contributed by atoms with van der Waals surface area (Å²) in [5, 5.41) is 0. The maximum atomic E-state index is 10.7. The Morgan fingerprint density at radius 2 is 2.09 bits per heavy atom. The number of nitrogens with two attached hydrogens (primary N) is 2. The molecule has 0 aromatic carbocycles. The van der Waals surface area contributed by atoms with Crippen LogP contribution >= 0.6 is 12.2 Å². The van der Waals surface area contributed by atoms with Gasteiger partial charge in [0, 0.05) is 6.54 Å². The van der Waals surface area contributed by atoms with Crippen molar-refractivity contribution in [2.45, 2.75) is 13.3 Å². The first-order valence-corrected chi connectivity index (χ1v) is 3.81. The van der Waals surface area contributed by atoms with Gasteiger partial charge in [0.05, 0.1) is 11.5 Å². The molecule has 0 saturated heterocycles. The molecule has 2 amide bonds. The molecule has 0 aliphatic carbocycles. The summed E-state index contributed by atoms with van der Waals surface area (Å²) in [6.07, 6.45) is 0.853. The van der Waals surface area contributed by atoms with Gasteiger partial charge in [0.2, 0.25) is 0 Å². The molecule has 4 N–H and O–H groups in total. The zero-order valence-electron chi connectivity index (χ0n) is 6.54. The normalized spacial score (nSPS) is 9.18. The average molecular weight is 175 g/mol. The Balaban J connectivity index is 3.89. The number of primary amides is 1. The first-order valence-electron chi connectivity index (χ1n) is 3.40. The fourth-order valence-electron chi connectivity index (χ4n) is 0.725. The van der Waals surface area contributed by atoms with Crippen molar-refractivity contribution in [3.05, 3.63) is 0 Å². The Labute approximate surface area is 71.5 Å². The molecule has 0 aliphatic heterocycles. The van der Waals surface area contributed by atoms with E-state index in [-0.39, 0.29) is 11.5 Å². The number of carbonyl (C=O) groups excluding carboxylic acids is 1. The van der Waals surface area contributed by atoms with Crippen LogP contribution in [0.3, 0.4) is 0 Å². The van der Waals surface area contributed by atoms with Gasteiger partial charge >= 0.3 is 6.03 Å². The topological polar surface area (TPSA) is 72.3 Å². The summed E-state index contributed by atoms with van der Waals surface area (Å²) in [5.41, 5.74) is 10.3. The van der Waals surface area contributed by atoms with E-state index in [0.29, 0.717) is 6.54 Å². The zero-order chi connectivity index (χ0) is 8.85. The van der Waals surface area contributed by atoms with E-state index in [1.807, 2.05) is 6.92 Å². The van der Waals surface area contributed by atoms with Crippen LogP contribution in [0.25, 0.3) is 0 Å². The van der Waals surface area contributed by atoms with Gasteiger partial charge in [0.1, 0.15) is 0 Å². The third kappa shape index (κ3) is 4.55. The van der Waals surface area contributed by atoms with E-state index in [9.17, 15) is 4.79 Å². The molecule has 0 radical (unpaired) electrons. The third-order valence-corrected chi connectivity index (χ3v) is 1.28. The van der Waals surface area contributed by atoms with Crippen LogP contribution in [0.15, 0.2) is 0 Å². The molecule has 64 valence electrons. The number of amides is 2. The highest BCUT2D eigenvalue weighted by atomic mass is 32.1. The Hall–Kier alpha value is -0.840. The van der Waals surface area contributed by atoms with Gasteiger partial charge in [-0.3, -0.25) is 0 Å². The highest BCUT2D eigenvalue weighted by molar-refractivity contribution is 7.80. The lowest BCUT2D eigenvalue weighted by Crippen LogP contribution is -2.41. The van der Waals surface area contributed by atoms with E-state index in [1.54, 1.807) is 0 Å². The SMILES string of the molecule is CCCN(CC(N)=S)C(N)=O. The van der Waals surface area contributed by atoms with Crippen molar-refractivity contribution in [2.75, 3.05) is 13.1 Å². The van der Waals surface area contributed by atoms with Crippen LogP contribution in [0.1, 0.15) is 13.3 Å². The second-order valence-electron chi connectivity index (χ2n) is 2.23. The predicted octanol–water partition coefficient (Wildman–Crippen LogP) is 0.0632. The first kappa shape index (κ1) is 10.2. The lowest BCUT2D eigenvalue weighted by molar-refractivity contribution is 0.215. The second kappa shape index (κ2) is 4.90. The van der Waals surface area contributed by atoms with Gasteiger partial charge in [-0.2, -0.15) is 0 Å². The van der Waals surface area contributed by atoms with Crippen LogP contribution in [-0.4, -0.2) is 29.0 Å². The highest BCUT2D eigenvalue weighted by Crippen LogP contribution is 1.90. The lowest BCUT2D eigenvalue weighted by Gasteiger charge is -2.17. The number of urea groups is 1. The van der Waals surface area contributed by atoms with Crippen molar-refractivity contribution in [1.29, 1.82) is 0 Å². The standard InChI is InChI=1S/C6H13N3OS/c1-2-3-9(6(8)10)4-5(7)11/h2-4H2,1H3,(H2,7,11)(H2,8,10). The van der Waals surface area contributed by atoms with Crippen LogP contribution in [0.2, 0.25) is 0 Å². The van der Waals surface area contributed by atoms with Gasteiger partial charge in [0.25, 0.3) is 0 Å². The molecule has 0 atom stereocenters. The average Bonchev–Trinajstić information content (AvgIpc) is 1.86. The monoisotopic (exact) mass is 175 g/mol. The number of hydrogen-bond acceptors (Lipinski definition) is 2. The molecule has 0 aromatic rings. The molecule has 0 spiro atoms. The second-order valence-corrected chi connectivity index (χ2v) is 2.75. The first-order chi connectivity index (χ1) is 5.07. The molecule has 0 rings (SSSR count). The molecule has 0 saturated carbocycles. The van der Waals surface area contributed by atoms with Crippen molar-refractivity contribution in [3.8, 4) is 0 Å². The van der Waals surface area contributed by atoms with Gasteiger partial charge in [-0.05, 0) is 6.42 Å². The molecule has 0 heterocycles. The minimum atomic E-state index is -0.473. The summed E-state index contributed by atoms with van der Waals surface area (Å²) >= 11 is 4.63. The van der Waals surface area contributed by atoms with Gasteiger partial charge in [0.15, 0.2) is 0 Å². The van der Waals surface area contributed by atoms with Gasteiger partial charge in [-0.25, -0.2) is 4.79 Å². The van der Waals surface area contributed by atoms with Crippen LogP contribution in [0.4, 0.5) is 4.79 Å². The predicted molar refractivity (Wildman–Crippen MR) is 48.2 cm³/mol. The number of hydrogen-bond donors (Lipinski definition) is 2. The molecule has 0 aromatic heterocycles. The molecule has 0 aliphatic rings. The van der Waals surface area contributed by atoms with Gasteiger partial charge in [-0.1, -0.05) is 19.1 Å². The lowest BCUT2D eigenvalue weighted by atomic mass is 10.4. The van der Waals surface area contributed by atoms with Crippen molar-refractivity contribution < 1.29 is 4.79 Å². The summed E-state index contributed by atoms with van der Waals surface area (Å²) in [5.74, 6) is 0. The Morgan fingerprint density at radius 1 is 1.55 bits per heavy atom. The fourth-order valence-corrected chi connectivity index (χ4v) is 0.881. The smallest absolute Gasteiger partial charge is 0.315 e. The molecule has 4 nitrogen and oxygen atoms in total. The van der Waals surface area contributed by atoms with Crippen molar-refractivity contribution >= 4 is 23.2 Å². The molecule has 0 fully saturated rings. The fraction of sp³-hybridized carbons (Fsp3) is 0.667. The van der Waals surface area contributed by atoms with Crippen LogP contribution in [0, 0.1) is 0 Å². The van der Waals surface area contributed by atoms with E-state index in [0.717, 1.165) is 6.42 Å². The molecule has 11 heavy (non-hydrogen) atoms. The van der Waals surface area contributed by atoms with Crippen LogP contribution in [-0.2, 0) is 0 Å². The quantitative estimate of drug-likeness (QED) is 0.594. The van der Waals surface area contributed by atoms with E-state index in [4.69, 9.17) is 11.5 Å². The third-order valence-electron chi connectivity index (χ3n) is 1.15. The largest absolute Gasteiger partial charge is 0.392 e. The minimum absolute atomic E-state index is 0.276. The zero-order valence-corrected chi connectivity index (χ0v) is 7.36. The number of rotatable bonds is 4. The summed E-state index contributed by atoms with van der Waals surface area (Å²) in [6, 6.07) is -0.473. The van der Waals surface area contributed by atoms with Crippen molar-refractivity contribution in [2.24, 2.45) is 11.5 Å². The van der Waals surface area contributed by atoms with E-state index in [1.165, 1.54) is 4.90 Å². The van der Waals surface area contributed by atoms with E-state index >= 15 is 0 Å². The van der Waals surface area contributed by atoms with Crippen molar-refractivity contribution in [1.82, 2.24) is 4.90 Å².